The summed E-state index contributed by atoms with van der Waals surface area (Å²) in [7, 11) is 0. The van der Waals surface area contributed by atoms with Crippen molar-refractivity contribution >= 4 is 11.8 Å². The van der Waals surface area contributed by atoms with Crippen molar-refractivity contribution in [2.45, 2.75) is 43.4 Å². The van der Waals surface area contributed by atoms with Crippen LogP contribution in [0.2, 0.25) is 0 Å². The average Bonchev–Trinajstić information content (AvgIpc) is 2.73. The Morgan fingerprint density at radius 3 is 2.62 bits per heavy atom. The molecule has 1 saturated heterocycles. The lowest BCUT2D eigenvalue weighted by Gasteiger charge is -2.10. The smallest absolute Gasteiger partial charge is 0.0673 e. The van der Waals surface area contributed by atoms with Crippen molar-refractivity contribution in [1.29, 1.82) is 0 Å². The monoisotopic (exact) mass is 237 g/mol. The van der Waals surface area contributed by atoms with E-state index in [9.17, 15) is 0 Å². The molecule has 16 heavy (non-hydrogen) atoms. The zero-order valence-electron chi connectivity index (χ0n) is 9.69. The van der Waals surface area contributed by atoms with Crippen LogP contribution in [0.3, 0.4) is 0 Å². The predicted octanol–water partition coefficient (Wildman–Crippen LogP) is 2.80. The van der Waals surface area contributed by atoms with Crippen LogP contribution in [0.5, 0.6) is 0 Å². The van der Waals surface area contributed by atoms with Crippen LogP contribution in [0.25, 0.3) is 0 Å². The summed E-state index contributed by atoms with van der Waals surface area (Å²) in [6.07, 6.45) is 3.30. The summed E-state index contributed by atoms with van der Waals surface area (Å²) in [6.45, 7) is 2.77. The summed E-state index contributed by atoms with van der Waals surface area (Å²) in [6, 6.07) is 8.48. The first kappa shape index (κ1) is 12.0. The van der Waals surface area contributed by atoms with Crippen LogP contribution in [0.1, 0.15) is 25.3 Å². The van der Waals surface area contributed by atoms with Crippen molar-refractivity contribution in [3.8, 4) is 0 Å². The van der Waals surface area contributed by atoms with Crippen LogP contribution in [0.4, 0.5) is 0 Å². The van der Waals surface area contributed by atoms with E-state index >= 15 is 0 Å². The molecule has 88 valence electrons. The summed E-state index contributed by atoms with van der Waals surface area (Å²) in [5.41, 5.74) is 6.75. The van der Waals surface area contributed by atoms with E-state index in [0.717, 1.165) is 5.75 Å². The highest BCUT2D eigenvalue weighted by Gasteiger charge is 2.21. The minimum Gasteiger partial charge on any atom is -0.374 e. The second-order valence-electron chi connectivity index (χ2n) is 4.31. The van der Waals surface area contributed by atoms with Crippen molar-refractivity contribution in [3.63, 3.8) is 0 Å². The highest BCUT2D eigenvalue weighted by molar-refractivity contribution is 7.99. The van der Waals surface area contributed by atoms with E-state index < -0.39 is 0 Å². The minimum atomic E-state index is 0.439. The fourth-order valence-electron chi connectivity index (χ4n) is 1.92. The third kappa shape index (κ3) is 3.24. The molecular weight excluding hydrogens is 218 g/mol. The molecule has 1 aliphatic heterocycles. The van der Waals surface area contributed by atoms with Crippen molar-refractivity contribution in [3.05, 3.63) is 29.8 Å². The maximum absolute atomic E-state index is 5.79. The van der Waals surface area contributed by atoms with Crippen LogP contribution in [0.15, 0.2) is 29.2 Å². The fourth-order valence-corrected chi connectivity index (χ4v) is 2.87. The lowest BCUT2D eigenvalue weighted by atomic mass is 10.2. The molecule has 2 unspecified atom stereocenters. The molecule has 2 nitrogen and oxygen atoms in total. The fraction of sp³-hybridized carbons (Fsp3) is 0.538. The maximum Gasteiger partial charge on any atom is 0.0673 e. The van der Waals surface area contributed by atoms with Crippen LogP contribution in [-0.4, -0.2) is 18.0 Å². The average molecular weight is 237 g/mol. The third-order valence-corrected chi connectivity index (χ3v) is 4.06. The van der Waals surface area contributed by atoms with E-state index in [0.29, 0.717) is 18.8 Å². The number of benzene rings is 1. The predicted molar refractivity (Wildman–Crippen MR) is 68.6 cm³/mol. The zero-order valence-corrected chi connectivity index (χ0v) is 10.5. The van der Waals surface area contributed by atoms with Gasteiger partial charge in [-0.25, -0.2) is 0 Å². The third-order valence-electron chi connectivity index (χ3n) is 2.91. The lowest BCUT2D eigenvalue weighted by molar-refractivity contribution is 0.0700. The van der Waals surface area contributed by atoms with E-state index in [2.05, 4.69) is 31.2 Å². The van der Waals surface area contributed by atoms with Gasteiger partial charge in [0, 0.05) is 17.2 Å². The van der Waals surface area contributed by atoms with Crippen LogP contribution >= 0.6 is 11.8 Å². The molecule has 2 atom stereocenters. The Labute approximate surface area is 102 Å². The summed E-state index contributed by atoms with van der Waals surface area (Å²) >= 11 is 1.87. The molecule has 1 aromatic carbocycles. The second-order valence-corrected chi connectivity index (χ2v) is 5.40. The molecule has 1 aliphatic rings. The second kappa shape index (κ2) is 5.71. The Morgan fingerprint density at radius 2 is 2.06 bits per heavy atom. The van der Waals surface area contributed by atoms with E-state index in [1.54, 1.807) is 0 Å². The molecule has 0 aromatic heterocycles. The van der Waals surface area contributed by atoms with Crippen molar-refractivity contribution in [1.82, 2.24) is 0 Å². The number of nitrogens with two attached hydrogens (primary N) is 1. The molecule has 0 aliphatic carbocycles. The first-order valence-electron chi connectivity index (χ1n) is 5.85. The standard InChI is InChI=1S/C13H19NOS/c1-10-2-5-12(15-10)9-16-13-6-3-11(8-14)4-7-13/h3-4,6-7,10,12H,2,5,8-9,14H2,1H3. The van der Waals surface area contributed by atoms with Gasteiger partial charge in [0.05, 0.1) is 12.2 Å². The molecule has 0 bridgehead atoms. The normalized spacial score (nSPS) is 24.9. The van der Waals surface area contributed by atoms with Crippen molar-refractivity contribution < 1.29 is 4.74 Å². The van der Waals surface area contributed by atoms with Gasteiger partial charge in [0.15, 0.2) is 0 Å². The van der Waals surface area contributed by atoms with Gasteiger partial charge in [-0.3, -0.25) is 0 Å². The van der Waals surface area contributed by atoms with Gasteiger partial charge in [0.1, 0.15) is 0 Å². The molecule has 0 amide bonds. The molecule has 0 spiro atoms. The number of ether oxygens (including phenoxy) is 1. The first-order chi connectivity index (χ1) is 7.78. The lowest BCUT2D eigenvalue weighted by Crippen LogP contribution is -2.10. The highest BCUT2D eigenvalue weighted by atomic mass is 32.2. The molecule has 0 radical (unpaired) electrons. The molecule has 1 fully saturated rings. The molecule has 2 N–H and O–H groups in total. The SMILES string of the molecule is CC1CCC(CSc2ccc(CN)cc2)O1. The summed E-state index contributed by atoms with van der Waals surface area (Å²) in [5.74, 6) is 1.06. The van der Waals surface area contributed by atoms with Crippen LogP contribution < -0.4 is 5.73 Å². The van der Waals surface area contributed by atoms with Crippen molar-refractivity contribution in [2.75, 3.05) is 5.75 Å². The van der Waals surface area contributed by atoms with Gasteiger partial charge in [-0.1, -0.05) is 12.1 Å². The largest absolute Gasteiger partial charge is 0.374 e. The first-order valence-corrected chi connectivity index (χ1v) is 6.84. The molecule has 3 heteroatoms. The van der Waals surface area contributed by atoms with E-state index in [1.165, 1.54) is 23.3 Å². The Hall–Kier alpha value is -0.510. The molecule has 1 aromatic rings. The van der Waals surface area contributed by atoms with Gasteiger partial charge in [0.25, 0.3) is 0 Å². The van der Waals surface area contributed by atoms with Crippen molar-refractivity contribution in [2.24, 2.45) is 5.73 Å². The summed E-state index contributed by atoms with van der Waals surface area (Å²) in [4.78, 5) is 1.31. The molecular formula is C13H19NOS. The summed E-state index contributed by atoms with van der Waals surface area (Å²) in [5, 5.41) is 0. The summed E-state index contributed by atoms with van der Waals surface area (Å²) < 4.78 is 5.79. The Balaban J connectivity index is 1.80. The Morgan fingerprint density at radius 1 is 1.31 bits per heavy atom. The van der Waals surface area contributed by atoms with Crippen LogP contribution in [0, 0.1) is 0 Å². The van der Waals surface area contributed by atoms with Gasteiger partial charge in [-0.15, -0.1) is 11.8 Å². The van der Waals surface area contributed by atoms with Gasteiger partial charge >= 0.3 is 0 Å². The minimum absolute atomic E-state index is 0.439. The zero-order chi connectivity index (χ0) is 11.4. The Kier molecular flexibility index (Phi) is 4.27. The number of hydrogen-bond donors (Lipinski definition) is 1. The highest BCUT2D eigenvalue weighted by Crippen LogP contribution is 2.26. The van der Waals surface area contributed by atoms with Gasteiger partial charge < -0.3 is 10.5 Å². The topological polar surface area (TPSA) is 35.2 Å². The van der Waals surface area contributed by atoms with Gasteiger partial charge in [0.2, 0.25) is 0 Å². The van der Waals surface area contributed by atoms with E-state index in [-0.39, 0.29) is 0 Å². The number of rotatable bonds is 4. The van der Waals surface area contributed by atoms with E-state index in [1.807, 2.05) is 11.8 Å². The van der Waals surface area contributed by atoms with Gasteiger partial charge in [-0.2, -0.15) is 0 Å². The maximum atomic E-state index is 5.79. The molecule has 0 saturated carbocycles. The number of hydrogen-bond acceptors (Lipinski definition) is 3. The van der Waals surface area contributed by atoms with E-state index in [4.69, 9.17) is 10.5 Å². The molecule has 1 heterocycles. The Bertz CT molecular complexity index is 325. The van der Waals surface area contributed by atoms with Crippen LogP contribution in [-0.2, 0) is 11.3 Å². The quantitative estimate of drug-likeness (QED) is 0.818. The number of thioether (sulfide) groups is 1. The molecule has 2 rings (SSSR count). The van der Waals surface area contributed by atoms with Gasteiger partial charge in [-0.05, 0) is 37.5 Å².